The van der Waals surface area contributed by atoms with Crippen LogP contribution in [0.4, 0.5) is 10.5 Å². The van der Waals surface area contributed by atoms with Crippen LogP contribution in [0.5, 0.6) is 5.75 Å². The second-order valence-electron chi connectivity index (χ2n) is 6.63. The van der Waals surface area contributed by atoms with Crippen LogP contribution in [0.15, 0.2) is 48.5 Å². The van der Waals surface area contributed by atoms with Gasteiger partial charge in [-0.25, -0.2) is 4.79 Å². The molecule has 132 valence electrons. The molecule has 0 spiro atoms. The lowest BCUT2D eigenvalue weighted by molar-refractivity contribution is 0.189. The van der Waals surface area contributed by atoms with Crippen LogP contribution in [0.1, 0.15) is 42.9 Å². The Morgan fingerprint density at radius 3 is 2.76 bits per heavy atom. The van der Waals surface area contributed by atoms with Crippen molar-refractivity contribution in [3.63, 3.8) is 0 Å². The molecule has 1 N–H and O–H groups in total. The number of carbonyl (C=O) groups is 1. The lowest BCUT2D eigenvalue weighted by Crippen LogP contribution is -2.38. The Morgan fingerprint density at radius 2 is 1.96 bits per heavy atom. The minimum Gasteiger partial charge on any atom is -0.497 e. The van der Waals surface area contributed by atoms with E-state index >= 15 is 0 Å². The summed E-state index contributed by atoms with van der Waals surface area (Å²) >= 11 is 0. The lowest BCUT2D eigenvalue weighted by Gasteiger charge is -2.31. The van der Waals surface area contributed by atoms with Crippen molar-refractivity contribution in [1.29, 1.82) is 0 Å². The van der Waals surface area contributed by atoms with Gasteiger partial charge in [-0.3, -0.25) is 0 Å². The third-order valence-electron chi connectivity index (χ3n) is 4.76. The second kappa shape index (κ2) is 8.06. The number of hydrogen-bond acceptors (Lipinski definition) is 2. The standard InChI is InChI=1S/C21H26N2O2/c1-16-8-6-9-17(14-16)20-12-4-3-5-13-23(20)21(24)22-18-10-7-11-19(15-18)25-2/h6-11,14-15,20H,3-5,12-13H2,1-2H3,(H,22,24). The van der Waals surface area contributed by atoms with Crippen LogP contribution in [0.25, 0.3) is 0 Å². The molecule has 0 aromatic heterocycles. The van der Waals surface area contributed by atoms with Gasteiger partial charge in [-0.15, -0.1) is 0 Å². The summed E-state index contributed by atoms with van der Waals surface area (Å²) in [6, 6.07) is 16.1. The van der Waals surface area contributed by atoms with Crippen LogP contribution in [0.3, 0.4) is 0 Å². The van der Waals surface area contributed by atoms with Crippen LogP contribution in [-0.2, 0) is 0 Å². The van der Waals surface area contributed by atoms with Gasteiger partial charge in [-0.1, -0.05) is 48.7 Å². The van der Waals surface area contributed by atoms with Crippen molar-refractivity contribution in [2.45, 2.75) is 38.6 Å². The van der Waals surface area contributed by atoms with E-state index < -0.39 is 0 Å². The van der Waals surface area contributed by atoms with Gasteiger partial charge in [0.05, 0.1) is 13.2 Å². The van der Waals surface area contributed by atoms with Crippen molar-refractivity contribution in [1.82, 2.24) is 4.90 Å². The molecule has 0 saturated carbocycles. The van der Waals surface area contributed by atoms with Gasteiger partial charge < -0.3 is 15.0 Å². The molecule has 2 amide bonds. The molecule has 4 nitrogen and oxygen atoms in total. The van der Waals surface area contributed by atoms with Gasteiger partial charge in [-0.2, -0.15) is 0 Å². The third kappa shape index (κ3) is 4.32. The number of nitrogens with one attached hydrogen (secondary N) is 1. The quantitative estimate of drug-likeness (QED) is 0.840. The fourth-order valence-electron chi connectivity index (χ4n) is 3.47. The van der Waals surface area contributed by atoms with E-state index in [9.17, 15) is 4.79 Å². The number of amides is 2. The molecule has 1 saturated heterocycles. The monoisotopic (exact) mass is 338 g/mol. The average molecular weight is 338 g/mol. The first kappa shape index (κ1) is 17.3. The highest BCUT2D eigenvalue weighted by molar-refractivity contribution is 5.89. The van der Waals surface area contributed by atoms with E-state index in [-0.39, 0.29) is 12.1 Å². The molecule has 2 aromatic carbocycles. The van der Waals surface area contributed by atoms with E-state index in [0.717, 1.165) is 37.2 Å². The molecule has 1 atom stereocenters. The van der Waals surface area contributed by atoms with Gasteiger partial charge in [0.25, 0.3) is 0 Å². The van der Waals surface area contributed by atoms with Gasteiger partial charge in [0.2, 0.25) is 0 Å². The summed E-state index contributed by atoms with van der Waals surface area (Å²) in [6.07, 6.45) is 4.38. The highest BCUT2D eigenvalue weighted by Gasteiger charge is 2.27. The maximum Gasteiger partial charge on any atom is 0.322 e. The Balaban J connectivity index is 1.81. The molecule has 2 aromatic rings. The highest BCUT2D eigenvalue weighted by atomic mass is 16.5. The fourth-order valence-corrected chi connectivity index (χ4v) is 3.47. The summed E-state index contributed by atoms with van der Waals surface area (Å²) in [4.78, 5) is 14.9. The third-order valence-corrected chi connectivity index (χ3v) is 4.76. The van der Waals surface area contributed by atoms with Crippen LogP contribution < -0.4 is 10.1 Å². The van der Waals surface area contributed by atoms with E-state index in [0.29, 0.717) is 0 Å². The summed E-state index contributed by atoms with van der Waals surface area (Å²) in [6.45, 7) is 2.88. The molecule has 1 fully saturated rings. The number of ether oxygens (including phenoxy) is 1. The molecule has 0 radical (unpaired) electrons. The number of likely N-dealkylation sites (tertiary alicyclic amines) is 1. The van der Waals surface area contributed by atoms with Gasteiger partial charge >= 0.3 is 6.03 Å². The Hall–Kier alpha value is -2.49. The molecule has 1 aliphatic heterocycles. The molecule has 0 aliphatic carbocycles. The Kier molecular flexibility index (Phi) is 5.59. The van der Waals surface area contributed by atoms with E-state index in [1.165, 1.54) is 17.5 Å². The topological polar surface area (TPSA) is 41.6 Å². The van der Waals surface area contributed by atoms with Crippen molar-refractivity contribution >= 4 is 11.7 Å². The summed E-state index contributed by atoms with van der Waals surface area (Å²) in [5, 5.41) is 3.04. The molecule has 3 rings (SSSR count). The predicted octanol–water partition coefficient (Wildman–Crippen LogP) is 5.15. The first-order valence-corrected chi connectivity index (χ1v) is 8.95. The zero-order valence-electron chi connectivity index (χ0n) is 15.0. The van der Waals surface area contributed by atoms with Crippen LogP contribution in [-0.4, -0.2) is 24.6 Å². The van der Waals surface area contributed by atoms with Crippen molar-refractivity contribution in [3.8, 4) is 5.75 Å². The molecular weight excluding hydrogens is 312 g/mol. The number of methoxy groups -OCH3 is 1. The highest BCUT2D eigenvalue weighted by Crippen LogP contribution is 2.31. The maximum absolute atomic E-state index is 13.0. The molecule has 4 heteroatoms. The zero-order valence-corrected chi connectivity index (χ0v) is 15.0. The number of urea groups is 1. The van der Waals surface area contributed by atoms with E-state index in [1.54, 1.807) is 7.11 Å². The van der Waals surface area contributed by atoms with Gasteiger partial charge in [0.15, 0.2) is 0 Å². The number of benzene rings is 2. The van der Waals surface area contributed by atoms with Crippen molar-refractivity contribution in [3.05, 3.63) is 59.7 Å². The van der Waals surface area contributed by atoms with E-state index in [4.69, 9.17) is 4.74 Å². The number of rotatable bonds is 3. The van der Waals surface area contributed by atoms with Crippen molar-refractivity contribution < 1.29 is 9.53 Å². The molecule has 1 unspecified atom stereocenters. The van der Waals surface area contributed by atoms with Gasteiger partial charge in [-0.05, 0) is 37.5 Å². The fraction of sp³-hybridized carbons (Fsp3) is 0.381. The summed E-state index contributed by atoms with van der Waals surface area (Å²) < 4.78 is 5.24. The predicted molar refractivity (Wildman–Crippen MR) is 101 cm³/mol. The van der Waals surface area contributed by atoms with Crippen LogP contribution >= 0.6 is 0 Å². The second-order valence-corrected chi connectivity index (χ2v) is 6.63. The minimum absolute atomic E-state index is 0.0401. The van der Waals surface area contributed by atoms with Crippen LogP contribution in [0, 0.1) is 6.92 Å². The Labute approximate surface area is 149 Å². The molecule has 0 bridgehead atoms. The zero-order chi connectivity index (χ0) is 17.6. The van der Waals surface area contributed by atoms with Gasteiger partial charge in [0.1, 0.15) is 5.75 Å². The number of hydrogen-bond donors (Lipinski definition) is 1. The van der Waals surface area contributed by atoms with E-state index in [1.807, 2.05) is 29.2 Å². The molecule has 1 aliphatic rings. The van der Waals surface area contributed by atoms with Crippen molar-refractivity contribution in [2.75, 3.05) is 19.0 Å². The maximum atomic E-state index is 13.0. The number of aryl methyl sites for hydroxylation is 1. The Morgan fingerprint density at radius 1 is 1.12 bits per heavy atom. The summed E-state index contributed by atoms with van der Waals surface area (Å²) in [5.41, 5.74) is 3.22. The largest absolute Gasteiger partial charge is 0.497 e. The smallest absolute Gasteiger partial charge is 0.322 e. The molecular formula is C21H26N2O2. The van der Waals surface area contributed by atoms with Crippen molar-refractivity contribution in [2.24, 2.45) is 0 Å². The lowest BCUT2D eigenvalue weighted by atomic mass is 9.99. The summed E-state index contributed by atoms with van der Waals surface area (Å²) in [7, 11) is 1.63. The number of anilines is 1. The van der Waals surface area contributed by atoms with Crippen LogP contribution in [0.2, 0.25) is 0 Å². The summed E-state index contributed by atoms with van der Waals surface area (Å²) in [5.74, 6) is 0.740. The number of carbonyl (C=O) groups excluding carboxylic acids is 1. The minimum atomic E-state index is -0.0401. The first-order valence-electron chi connectivity index (χ1n) is 8.95. The average Bonchev–Trinajstić information content (AvgIpc) is 2.88. The SMILES string of the molecule is COc1cccc(NC(=O)N2CCCCCC2c2cccc(C)c2)c1. The Bertz CT molecular complexity index is 729. The van der Waals surface area contributed by atoms with Gasteiger partial charge in [0, 0.05) is 18.3 Å². The molecule has 25 heavy (non-hydrogen) atoms. The first-order chi connectivity index (χ1) is 12.2. The molecule has 1 heterocycles. The van der Waals surface area contributed by atoms with E-state index in [2.05, 4.69) is 36.5 Å². The number of nitrogens with zero attached hydrogens (tertiary/aromatic N) is 1. The normalized spacial score (nSPS) is 17.7.